The van der Waals surface area contributed by atoms with E-state index in [0.717, 1.165) is 33.0 Å². The van der Waals surface area contributed by atoms with Gasteiger partial charge in [-0.2, -0.15) is 10.2 Å². The summed E-state index contributed by atoms with van der Waals surface area (Å²) in [5.74, 6) is 2.46. The van der Waals surface area contributed by atoms with Crippen LogP contribution in [-0.2, 0) is 0 Å². The van der Waals surface area contributed by atoms with Gasteiger partial charge in [-0.05, 0) is 57.9 Å². The number of ether oxygens (including phenoxy) is 1. The first-order valence-corrected chi connectivity index (χ1v) is 10.2. The third-order valence-electron chi connectivity index (χ3n) is 4.30. The number of hydrogen-bond acceptors (Lipinski definition) is 5. The van der Waals surface area contributed by atoms with Crippen molar-refractivity contribution in [2.45, 2.75) is 0 Å². The van der Waals surface area contributed by atoms with Gasteiger partial charge in [0.05, 0.1) is 24.0 Å². The molecule has 1 aromatic carbocycles. The molecule has 5 rings (SSSR count). The van der Waals surface area contributed by atoms with Crippen LogP contribution in [0.2, 0.25) is 0 Å². The maximum atomic E-state index is 5.23. The van der Waals surface area contributed by atoms with Crippen molar-refractivity contribution in [3.8, 4) is 28.5 Å². The van der Waals surface area contributed by atoms with E-state index in [0.29, 0.717) is 0 Å². The summed E-state index contributed by atoms with van der Waals surface area (Å²) in [4.78, 5) is 8.41. The lowest BCUT2D eigenvalue weighted by atomic mass is 10.1. The van der Waals surface area contributed by atoms with Crippen LogP contribution in [-0.4, -0.2) is 36.6 Å². The van der Waals surface area contributed by atoms with E-state index in [-0.39, 0.29) is 0 Å². The Bertz CT molecular complexity index is 1240. The summed E-state index contributed by atoms with van der Waals surface area (Å²) < 4.78 is 9.65. The second-order valence-electron chi connectivity index (χ2n) is 6.38. The average molecular weight is 475 g/mol. The van der Waals surface area contributed by atoms with Crippen molar-refractivity contribution in [3.05, 3.63) is 102 Å². The second-order valence-corrected chi connectivity index (χ2v) is 7.30. The van der Waals surface area contributed by atoms with Crippen molar-refractivity contribution >= 4 is 15.9 Å². The van der Waals surface area contributed by atoms with Crippen molar-refractivity contribution in [2.24, 2.45) is 0 Å². The standard InChI is InChI=1S/C15H13N3O.C8H6BrN3/c1-19-14-6-4-5-12(9-14)13-10-17-18(11-13)15-7-2-3-8-16-15;9-7-5-11-12(6-7)8-3-1-2-4-10-8/h2-11H,1H3;1-6H. The van der Waals surface area contributed by atoms with Gasteiger partial charge in [-0.3, -0.25) is 0 Å². The highest BCUT2D eigenvalue weighted by atomic mass is 79.9. The van der Waals surface area contributed by atoms with Crippen LogP contribution in [0.1, 0.15) is 0 Å². The van der Waals surface area contributed by atoms with Gasteiger partial charge in [-0.25, -0.2) is 19.3 Å². The molecule has 0 saturated heterocycles. The van der Waals surface area contributed by atoms with Gasteiger partial charge in [-0.1, -0.05) is 24.3 Å². The van der Waals surface area contributed by atoms with Crippen LogP contribution in [0.3, 0.4) is 0 Å². The Kier molecular flexibility index (Phi) is 6.49. The van der Waals surface area contributed by atoms with Crippen LogP contribution < -0.4 is 4.74 Å². The molecule has 0 fully saturated rings. The lowest BCUT2D eigenvalue weighted by Crippen LogP contribution is -1.95. The maximum Gasteiger partial charge on any atom is 0.153 e. The molecule has 0 atom stereocenters. The van der Waals surface area contributed by atoms with E-state index in [9.17, 15) is 0 Å². The summed E-state index contributed by atoms with van der Waals surface area (Å²) >= 11 is 3.32. The van der Waals surface area contributed by atoms with E-state index >= 15 is 0 Å². The SMILES string of the molecule is Brc1cnn(-c2ccccn2)c1.COc1cccc(-c2cnn(-c3ccccn3)c2)c1. The van der Waals surface area contributed by atoms with Gasteiger partial charge >= 0.3 is 0 Å². The largest absolute Gasteiger partial charge is 0.497 e. The third-order valence-corrected chi connectivity index (χ3v) is 4.71. The molecule has 0 unspecified atom stereocenters. The average Bonchev–Trinajstić information content (AvgIpc) is 3.50. The Labute approximate surface area is 188 Å². The lowest BCUT2D eigenvalue weighted by Gasteiger charge is -2.02. The molecule has 31 heavy (non-hydrogen) atoms. The molecule has 0 aliphatic heterocycles. The minimum Gasteiger partial charge on any atom is -0.497 e. The molecule has 4 aromatic heterocycles. The van der Waals surface area contributed by atoms with Crippen molar-refractivity contribution in [1.82, 2.24) is 29.5 Å². The van der Waals surface area contributed by atoms with Crippen molar-refractivity contribution < 1.29 is 4.74 Å². The van der Waals surface area contributed by atoms with Crippen LogP contribution in [0.15, 0.2) is 102 Å². The molecule has 0 aliphatic rings. The van der Waals surface area contributed by atoms with E-state index in [1.54, 1.807) is 35.1 Å². The number of halogens is 1. The zero-order chi connectivity index (χ0) is 21.5. The molecule has 8 heteroatoms. The number of benzene rings is 1. The first-order valence-electron chi connectivity index (χ1n) is 9.45. The monoisotopic (exact) mass is 474 g/mol. The summed E-state index contributed by atoms with van der Waals surface area (Å²) in [6.07, 6.45) is 10.9. The fraction of sp³-hybridized carbons (Fsp3) is 0.0435. The minimum atomic E-state index is 0.802. The molecule has 0 amide bonds. The number of methoxy groups -OCH3 is 1. The van der Waals surface area contributed by atoms with E-state index in [1.807, 2.05) is 79.3 Å². The molecule has 0 spiro atoms. The Balaban J connectivity index is 0.000000166. The number of pyridine rings is 2. The van der Waals surface area contributed by atoms with Gasteiger partial charge in [0, 0.05) is 30.4 Å². The number of aromatic nitrogens is 6. The highest BCUT2D eigenvalue weighted by Gasteiger charge is 2.04. The lowest BCUT2D eigenvalue weighted by molar-refractivity contribution is 0.415. The highest BCUT2D eigenvalue weighted by molar-refractivity contribution is 9.10. The topological polar surface area (TPSA) is 70.7 Å². The number of nitrogens with zero attached hydrogens (tertiary/aromatic N) is 6. The molecule has 0 saturated carbocycles. The molecule has 7 nitrogen and oxygen atoms in total. The fourth-order valence-corrected chi connectivity index (χ4v) is 3.09. The Morgan fingerprint density at radius 1 is 0.742 bits per heavy atom. The first-order chi connectivity index (χ1) is 15.2. The molecular formula is C23H19BrN6O. The summed E-state index contributed by atoms with van der Waals surface area (Å²) in [7, 11) is 1.66. The van der Waals surface area contributed by atoms with Gasteiger partial charge in [0.1, 0.15) is 5.75 Å². The van der Waals surface area contributed by atoms with Crippen molar-refractivity contribution in [3.63, 3.8) is 0 Å². The van der Waals surface area contributed by atoms with Crippen LogP contribution >= 0.6 is 15.9 Å². The zero-order valence-electron chi connectivity index (χ0n) is 16.7. The molecular weight excluding hydrogens is 456 g/mol. The van der Waals surface area contributed by atoms with E-state index in [2.05, 4.69) is 36.1 Å². The summed E-state index contributed by atoms with van der Waals surface area (Å²) in [5, 5.41) is 8.42. The van der Waals surface area contributed by atoms with E-state index in [4.69, 9.17) is 4.74 Å². The van der Waals surface area contributed by atoms with Gasteiger partial charge in [0.2, 0.25) is 0 Å². The second kappa shape index (κ2) is 9.82. The van der Waals surface area contributed by atoms with E-state index in [1.165, 1.54) is 0 Å². The molecule has 0 radical (unpaired) electrons. The molecule has 0 aliphatic carbocycles. The predicted molar refractivity (Wildman–Crippen MR) is 122 cm³/mol. The van der Waals surface area contributed by atoms with Gasteiger partial charge in [0.15, 0.2) is 11.6 Å². The Hall–Kier alpha value is -3.78. The van der Waals surface area contributed by atoms with Crippen LogP contribution in [0.25, 0.3) is 22.8 Å². The van der Waals surface area contributed by atoms with Crippen LogP contribution in [0.5, 0.6) is 5.75 Å². The molecule has 0 N–H and O–H groups in total. The van der Waals surface area contributed by atoms with Crippen LogP contribution in [0.4, 0.5) is 0 Å². The Morgan fingerprint density at radius 3 is 2.00 bits per heavy atom. The summed E-state index contributed by atoms with van der Waals surface area (Å²) in [6, 6.07) is 19.4. The molecule has 154 valence electrons. The van der Waals surface area contributed by atoms with Crippen molar-refractivity contribution in [1.29, 1.82) is 0 Å². The predicted octanol–water partition coefficient (Wildman–Crippen LogP) is 4.97. The molecule has 0 bridgehead atoms. The van der Waals surface area contributed by atoms with Gasteiger partial charge < -0.3 is 4.74 Å². The minimum absolute atomic E-state index is 0.802. The number of rotatable bonds is 4. The Morgan fingerprint density at radius 2 is 1.42 bits per heavy atom. The third kappa shape index (κ3) is 5.23. The van der Waals surface area contributed by atoms with Gasteiger partial charge in [0.25, 0.3) is 0 Å². The summed E-state index contributed by atoms with van der Waals surface area (Å²) in [5.41, 5.74) is 2.10. The fourth-order valence-electron chi connectivity index (χ4n) is 2.80. The summed E-state index contributed by atoms with van der Waals surface area (Å²) in [6.45, 7) is 0. The maximum absolute atomic E-state index is 5.23. The molecule has 4 heterocycles. The normalized spacial score (nSPS) is 10.3. The first kappa shape index (κ1) is 20.5. The zero-order valence-corrected chi connectivity index (χ0v) is 18.3. The number of hydrogen-bond donors (Lipinski definition) is 0. The highest BCUT2D eigenvalue weighted by Crippen LogP contribution is 2.23. The van der Waals surface area contributed by atoms with Gasteiger partial charge in [-0.15, -0.1) is 0 Å². The molecule has 5 aromatic rings. The smallest absolute Gasteiger partial charge is 0.153 e. The van der Waals surface area contributed by atoms with E-state index < -0.39 is 0 Å². The van der Waals surface area contributed by atoms with Crippen molar-refractivity contribution in [2.75, 3.05) is 7.11 Å². The van der Waals surface area contributed by atoms with Crippen LogP contribution in [0, 0.1) is 0 Å². The quantitative estimate of drug-likeness (QED) is 0.367.